The first kappa shape index (κ1) is 28.5. The van der Waals surface area contributed by atoms with Crippen LogP contribution in [0.3, 0.4) is 0 Å². The lowest BCUT2D eigenvalue weighted by atomic mass is 9.99. The number of rotatable bonds is 6. The van der Waals surface area contributed by atoms with Crippen LogP contribution in [0.2, 0.25) is 0 Å². The summed E-state index contributed by atoms with van der Waals surface area (Å²) in [6.45, 7) is 3.47. The van der Waals surface area contributed by atoms with Crippen LogP contribution in [0.25, 0.3) is 11.3 Å². The molecule has 2 bridgehead atoms. The Labute approximate surface area is 260 Å². The number of aryl methyl sites for hydroxylation is 1. The Morgan fingerprint density at radius 3 is 2.55 bits per heavy atom. The van der Waals surface area contributed by atoms with Crippen molar-refractivity contribution in [2.24, 2.45) is 7.05 Å². The number of fused-ring (bicyclic) bond motifs is 5. The molecule has 10 heteroatoms. The number of hydrogen-bond donors (Lipinski definition) is 2. The molecule has 3 atom stereocenters. The number of likely N-dealkylation sites (N-methyl/N-ethyl adjacent to an activating group) is 2. The van der Waals surface area contributed by atoms with Crippen LogP contribution >= 0.6 is 11.3 Å². The largest absolute Gasteiger partial charge is 0.343 e. The molecule has 4 aromatic rings. The number of piperazine rings is 1. The molecule has 0 radical (unpaired) electrons. The summed E-state index contributed by atoms with van der Waals surface area (Å²) < 4.78 is 1.51. The molecule has 2 aliphatic carbocycles. The molecule has 7 rings (SSSR count). The van der Waals surface area contributed by atoms with Gasteiger partial charge in [-0.3, -0.25) is 19.3 Å². The fourth-order valence-corrected chi connectivity index (χ4v) is 8.24. The maximum Gasteiger partial charge on any atom is 0.293 e. The molecule has 3 aliphatic rings. The minimum Gasteiger partial charge on any atom is -0.343 e. The van der Waals surface area contributed by atoms with Crippen molar-refractivity contribution in [2.45, 2.75) is 44.1 Å². The van der Waals surface area contributed by atoms with Gasteiger partial charge in [0.2, 0.25) is 5.91 Å². The summed E-state index contributed by atoms with van der Waals surface area (Å²) in [5.74, 6) is 1.44. The number of thiophene rings is 1. The van der Waals surface area contributed by atoms with Gasteiger partial charge in [0.05, 0.1) is 10.6 Å². The number of nitrogens with one attached hydrogen (secondary N) is 2. The smallest absolute Gasteiger partial charge is 0.293 e. The number of aromatic nitrogens is 2. The van der Waals surface area contributed by atoms with E-state index < -0.39 is 0 Å². The van der Waals surface area contributed by atoms with Gasteiger partial charge < -0.3 is 20.1 Å². The predicted molar refractivity (Wildman–Crippen MR) is 174 cm³/mol. The van der Waals surface area contributed by atoms with Crippen LogP contribution in [0.5, 0.6) is 0 Å². The molecular formula is C34H36N6O3S. The summed E-state index contributed by atoms with van der Waals surface area (Å²) in [4.78, 5) is 49.9. The van der Waals surface area contributed by atoms with E-state index in [2.05, 4.69) is 21.6 Å². The average Bonchev–Trinajstić information content (AvgIpc) is 3.74. The Balaban J connectivity index is 1.12. The van der Waals surface area contributed by atoms with Gasteiger partial charge in [-0.2, -0.15) is 0 Å². The number of amides is 2. The second-order valence-electron chi connectivity index (χ2n) is 12.4. The Hall–Kier alpha value is -4.28. The average molecular weight is 609 g/mol. The van der Waals surface area contributed by atoms with E-state index in [0.717, 1.165) is 33.8 Å². The topological polar surface area (TPSA) is 99.6 Å². The normalized spacial score (nSPS) is 21.0. The summed E-state index contributed by atoms with van der Waals surface area (Å²) in [6.07, 6.45) is 5.44. The number of carbonyl (C=O) groups excluding carboxylic acids is 2. The fraction of sp³-hybridized carbons (Fsp3) is 0.353. The molecule has 44 heavy (non-hydrogen) atoms. The van der Waals surface area contributed by atoms with Crippen LogP contribution in [0.4, 0.5) is 17.2 Å². The number of nitrogens with zero attached hydrogens (tertiary/aromatic N) is 4. The molecule has 0 spiro atoms. The van der Waals surface area contributed by atoms with E-state index >= 15 is 0 Å². The van der Waals surface area contributed by atoms with Crippen molar-refractivity contribution in [1.82, 2.24) is 19.4 Å². The molecule has 2 aromatic carbocycles. The molecule has 9 nitrogen and oxygen atoms in total. The van der Waals surface area contributed by atoms with Gasteiger partial charge in [-0.1, -0.05) is 24.3 Å². The summed E-state index contributed by atoms with van der Waals surface area (Å²) in [7, 11) is 5.49. The van der Waals surface area contributed by atoms with Gasteiger partial charge >= 0.3 is 0 Å². The van der Waals surface area contributed by atoms with Gasteiger partial charge in [-0.15, -0.1) is 11.3 Å². The summed E-state index contributed by atoms with van der Waals surface area (Å²) in [6, 6.07) is 15.1. The molecular weight excluding hydrogens is 572 g/mol. The molecule has 2 unspecified atom stereocenters. The van der Waals surface area contributed by atoms with Crippen LogP contribution in [0.15, 0.2) is 59.5 Å². The minimum atomic E-state index is -0.330. The highest BCUT2D eigenvalue weighted by Gasteiger charge is 2.39. The predicted octanol–water partition coefficient (Wildman–Crippen LogP) is 5.62. The SMILES string of the molecule is Cc1c(NC(=O)c2cc3c(s2)C2CCC3C2)cccc1-c1cn(C)c(=O)c(Nc2ccc([C@@H]3C(=O)N(C)CCN3C)cc2)n1. The van der Waals surface area contributed by atoms with Gasteiger partial charge in [0, 0.05) is 55.2 Å². The lowest BCUT2D eigenvalue weighted by Gasteiger charge is -2.37. The van der Waals surface area contributed by atoms with Crippen molar-refractivity contribution in [3.8, 4) is 11.3 Å². The monoisotopic (exact) mass is 608 g/mol. The summed E-state index contributed by atoms with van der Waals surface area (Å²) in [5, 5.41) is 6.31. The van der Waals surface area contributed by atoms with Crippen molar-refractivity contribution in [1.29, 1.82) is 0 Å². The highest BCUT2D eigenvalue weighted by atomic mass is 32.1. The van der Waals surface area contributed by atoms with Crippen molar-refractivity contribution in [3.63, 3.8) is 0 Å². The van der Waals surface area contributed by atoms with Crippen molar-refractivity contribution in [3.05, 3.63) is 91.5 Å². The van der Waals surface area contributed by atoms with Crippen LogP contribution in [-0.2, 0) is 11.8 Å². The van der Waals surface area contributed by atoms with E-state index in [9.17, 15) is 14.4 Å². The maximum atomic E-state index is 13.3. The number of benzene rings is 2. The zero-order chi connectivity index (χ0) is 30.7. The Kier molecular flexibility index (Phi) is 7.13. The molecule has 1 saturated carbocycles. The lowest BCUT2D eigenvalue weighted by molar-refractivity contribution is -0.139. The van der Waals surface area contributed by atoms with Crippen LogP contribution in [0.1, 0.15) is 68.4 Å². The third-order valence-corrected chi connectivity index (χ3v) is 10.8. The van der Waals surface area contributed by atoms with Gasteiger partial charge in [0.1, 0.15) is 6.04 Å². The van der Waals surface area contributed by atoms with E-state index in [4.69, 9.17) is 4.98 Å². The highest BCUT2D eigenvalue weighted by molar-refractivity contribution is 7.14. The zero-order valence-corrected chi connectivity index (χ0v) is 26.2. The first-order chi connectivity index (χ1) is 21.2. The standard InChI is InChI=1S/C34H36N6O3S/c1-19-24(6-5-7-26(19)37-32(41)28-17-25-21-8-9-22(16-21)30(25)44-28)27-18-40(4)34(43)31(36-27)35-23-12-10-20(11-13-23)29-33(42)39(3)15-14-38(29)2/h5-7,10-13,17-18,21-22,29H,8-9,14-16H2,1-4H3,(H,35,36)(H,37,41)/t21?,22?,29-/m1/s1. The third-order valence-electron chi connectivity index (χ3n) is 9.52. The third kappa shape index (κ3) is 4.92. The Morgan fingerprint density at radius 1 is 1.00 bits per heavy atom. The van der Waals surface area contributed by atoms with Crippen molar-refractivity contribution < 1.29 is 9.59 Å². The zero-order valence-electron chi connectivity index (χ0n) is 25.4. The van der Waals surface area contributed by atoms with Gasteiger partial charge in [-0.25, -0.2) is 4.98 Å². The quantitative estimate of drug-likeness (QED) is 0.295. The van der Waals surface area contributed by atoms with E-state index in [0.29, 0.717) is 29.8 Å². The van der Waals surface area contributed by atoms with E-state index in [1.807, 2.05) is 63.5 Å². The molecule has 2 aromatic heterocycles. The van der Waals surface area contributed by atoms with Crippen molar-refractivity contribution in [2.75, 3.05) is 37.8 Å². The second kappa shape index (κ2) is 11.0. The van der Waals surface area contributed by atoms with E-state index in [1.165, 1.54) is 34.3 Å². The molecule has 2 amide bonds. The molecule has 1 saturated heterocycles. The van der Waals surface area contributed by atoms with Gasteiger partial charge in [0.25, 0.3) is 11.5 Å². The van der Waals surface area contributed by atoms with Crippen LogP contribution in [-0.4, -0.2) is 58.4 Å². The number of anilines is 3. The lowest BCUT2D eigenvalue weighted by Crippen LogP contribution is -2.48. The Morgan fingerprint density at radius 2 is 1.77 bits per heavy atom. The molecule has 3 heterocycles. The summed E-state index contributed by atoms with van der Waals surface area (Å²) in [5.41, 5.74) is 5.75. The van der Waals surface area contributed by atoms with Crippen LogP contribution in [0, 0.1) is 6.92 Å². The summed E-state index contributed by atoms with van der Waals surface area (Å²) >= 11 is 1.64. The van der Waals surface area contributed by atoms with Gasteiger partial charge in [-0.05, 0) is 86.0 Å². The van der Waals surface area contributed by atoms with E-state index in [1.54, 1.807) is 29.5 Å². The molecule has 1 aliphatic heterocycles. The number of hydrogen-bond acceptors (Lipinski definition) is 7. The second-order valence-corrected chi connectivity index (χ2v) is 13.4. The first-order valence-corrected chi connectivity index (χ1v) is 15.9. The molecule has 2 fully saturated rings. The maximum absolute atomic E-state index is 13.3. The van der Waals surface area contributed by atoms with Crippen molar-refractivity contribution >= 4 is 40.3 Å². The highest BCUT2D eigenvalue weighted by Crippen LogP contribution is 2.56. The van der Waals surface area contributed by atoms with Gasteiger partial charge in [0.15, 0.2) is 5.82 Å². The number of carbonyl (C=O) groups is 2. The Bertz CT molecular complexity index is 1820. The molecule has 2 N–H and O–H groups in total. The van der Waals surface area contributed by atoms with E-state index in [-0.39, 0.29) is 29.2 Å². The first-order valence-electron chi connectivity index (χ1n) is 15.1. The fourth-order valence-electron chi connectivity index (χ4n) is 6.95. The van der Waals surface area contributed by atoms with Crippen LogP contribution < -0.4 is 16.2 Å². The minimum absolute atomic E-state index is 0.0717. The molecule has 226 valence electrons.